The summed E-state index contributed by atoms with van der Waals surface area (Å²) in [5.74, 6) is -0.196. The van der Waals surface area contributed by atoms with Crippen LogP contribution in [0.1, 0.15) is 108 Å². The highest BCUT2D eigenvalue weighted by molar-refractivity contribution is 6.37. The van der Waals surface area contributed by atoms with Crippen LogP contribution in [0.25, 0.3) is 0 Å². The third-order valence-corrected chi connectivity index (χ3v) is 5.38. The molecule has 1 rings (SSSR count). The number of nitrogens with two attached hydrogens (primary N) is 1. The first-order valence-electron chi connectivity index (χ1n) is 13.3. The van der Waals surface area contributed by atoms with Crippen LogP contribution >= 0.6 is 0 Å². The number of nitrogens with one attached hydrogen (secondary N) is 2. The maximum atomic E-state index is 12.3. The number of hydrogen-bond donors (Lipinski definition) is 3. The summed E-state index contributed by atoms with van der Waals surface area (Å²) in [5.41, 5.74) is 9.58. The fourth-order valence-corrected chi connectivity index (χ4v) is 3.33. The summed E-state index contributed by atoms with van der Waals surface area (Å²) >= 11 is 0. The maximum absolute atomic E-state index is 12.3. The number of halogens is 2. The van der Waals surface area contributed by atoms with Gasteiger partial charge in [-0.05, 0) is 70.3 Å². The van der Waals surface area contributed by atoms with Gasteiger partial charge < -0.3 is 15.8 Å². The van der Waals surface area contributed by atoms with Crippen molar-refractivity contribution >= 4 is 17.9 Å². The molecule has 1 amide bonds. The van der Waals surface area contributed by atoms with E-state index in [0.717, 1.165) is 25.0 Å². The smallest absolute Gasteiger partial charge is 0.267 e. The Labute approximate surface area is 225 Å². The van der Waals surface area contributed by atoms with Crippen molar-refractivity contribution in [2.75, 3.05) is 0 Å². The van der Waals surface area contributed by atoms with E-state index in [1.807, 2.05) is 13.8 Å². The van der Waals surface area contributed by atoms with Crippen LogP contribution in [0.4, 0.5) is 8.78 Å². The van der Waals surface area contributed by atoms with Gasteiger partial charge in [0.05, 0.1) is 11.7 Å². The highest BCUT2D eigenvalue weighted by Crippen LogP contribution is 2.36. The van der Waals surface area contributed by atoms with Gasteiger partial charge in [-0.3, -0.25) is 10.2 Å². The fraction of sp³-hybridized carbons (Fsp3) is 0.690. The van der Waals surface area contributed by atoms with Crippen LogP contribution in [0.15, 0.2) is 41.3 Å². The summed E-state index contributed by atoms with van der Waals surface area (Å²) in [7, 11) is 0. The van der Waals surface area contributed by atoms with Crippen LogP contribution in [0.3, 0.4) is 0 Å². The molecule has 3 atom stereocenters. The van der Waals surface area contributed by atoms with Crippen molar-refractivity contribution < 1.29 is 18.4 Å². The molecule has 0 spiro atoms. The Morgan fingerprint density at radius 1 is 1.14 bits per heavy atom. The number of carbonyl (C=O) groups excluding carboxylic acids is 2. The maximum Gasteiger partial charge on any atom is 0.267 e. The third-order valence-electron chi connectivity index (χ3n) is 5.38. The van der Waals surface area contributed by atoms with Crippen molar-refractivity contribution in [3.8, 4) is 0 Å². The minimum absolute atomic E-state index is 0.102. The Bertz CT molecular complexity index is 733. The Hall–Kier alpha value is -2.51. The Kier molecular flexibility index (Phi) is 23.9. The van der Waals surface area contributed by atoms with Gasteiger partial charge in [0.25, 0.3) is 5.91 Å². The highest BCUT2D eigenvalue weighted by atomic mass is 19.1. The second kappa shape index (κ2) is 22.7. The molecule has 0 aliphatic heterocycles. The van der Waals surface area contributed by atoms with Gasteiger partial charge in [-0.15, -0.1) is 0 Å². The molecule has 0 saturated heterocycles. The monoisotopic (exact) mass is 528 g/mol. The van der Waals surface area contributed by atoms with Crippen molar-refractivity contribution in [1.82, 2.24) is 10.7 Å². The molecule has 0 aromatic rings. The van der Waals surface area contributed by atoms with Gasteiger partial charge in [0, 0.05) is 23.9 Å². The van der Waals surface area contributed by atoms with E-state index in [9.17, 15) is 18.4 Å². The lowest BCUT2D eigenvalue weighted by Gasteiger charge is -2.29. The minimum Gasteiger partial charge on any atom is -0.401 e. The average molecular weight is 529 g/mol. The van der Waals surface area contributed by atoms with E-state index in [1.165, 1.54) is 32.3 Å². The number of amides is 1. The number of hydrogen-bond acceptors (Lipinski definition) is 5. The molecule has 1 saturated carbocycles. The van der Waals surface area contributed by atoms with E-state index in [2.05, 4.69) is 43.2 Å². The average Bonchev–Trinajstić information content (AvgIpc) is 3.05. The summed E-state index contributed by atoms with van der Waals surface area (Å²) < 4.78 is 23.1. The number of aldehydes is 1. The molecule has 0 heterocycles. The molecule has 216 valence electrons. The quantitative estimate of drug-likeness (QED) is 0.138. The number of hydrazone groups is 1. The SMILES string of the molecule is C/C(N)=C\N/N=C(\C)C(=O)NC1CCCC(C(C)(C)C)CC1.C=C(C)F.CC.CC/C(F)=C\C(C)C=O. The van der Waals surface area contributed by atoms with E-state index < -0.39 is 0 Å². The number of rotatable bonds is 7. The van der Waals surface area contributed by atoms with Gasteiger partial charge in [0.1, 0.15) is 12.0 Å². The zero-order valence-corrected chi connectivity index (χ0v) is 25.0. The zero-order chi connectivity index (χ0) is 29.6. The summed E-state index contributed by atoms with van der Waals surface area (Å²) in [6.45, 7) is 22.0. The van der Waals surface area contributed by atoms with E-state index in [0.29, 0.717) is 23.2 Å². The molecule has 1 aliphatic carbocycles. The lowest BCUT2D eigenvalue weighted by Crippen LogP contribution is -2.38. The molecule has 6 nitrogen and oxygen atoms in total. The summed E-state index contributed by atoms with van der Waals surface area (Å²) in [5, 5.41) is 7.11. The topological polar surface area (TPSA) is 96.6 Å². The van der Waals surface area contributed by atoms with E-state index in [4.69, 9.17) is 5.73 Å². The molecular weight excluding hydrogens is 474 g/mol. The van der Waals surface area contributed by atoms with Gasteiger partial charge in [-0.2, -0.15) is 5.10 Å². The van der Waals surface area contributed by atoms with Gasteiger partial charge in [0.15, 0.2) is 0 Å². The Morgan fingerprint density at radius 2 is 1.68 bits per heavy atom. The largest absolute Gasteiger partial charge is 0.401 e. The molecule has 1 fully saturated rings. The van der Waals surface area contributed by atoms with E-state index >= 15 is 0 Å². The Morgan fingerprint density at radius 3 is 2.11 bits per heavy atom. The Balaban J connectivity index is -0.000000636. The minimum atomic E-state index is -0.333. The molecular formula is C29H54F2N4O2. The normalized spacial score (nSPS) is 19.2. The first-order valence-corrected chi connectivity index (χ1v) is 13.3. The molecule has 1 aliphatic rings. The van der Waals surface area contributed by atoms with Gasteiger partial charge >= 0.3 is 0 Å². The highest BCUT2D eigenvalue weighted by Gasteiger charge is 2.28. The van der Waals surface area contributed by atoms with Crippen molar-refractivity contribution in [2.24, 2.45) is 28.1 Å². The molecule has 0 aromatic carbocycles. The lowest BCUT2D eigenvalue weighted by molar-refractivity contribution is -0.115. The lowest BCUT2D eigenvalue weighted by atomic mass is 9.76. The molecule has 37 heavy (non-hydrogen) atoms. The molecule has 0 bridgehead atoms. The second-order valence-electron chi connectivity index (χ2n) is 10.1. The molecule has 0 aromatic heterocycles. The van der Waals surface area contributed by atoms with E-state index in [-0.39, 0.29) is 29.5 Å². The number of nitrogens with zero attached hydrogens (tertiary/aromatic N) is 1. The molecule has 8 heteroatoms. The molecule has 0 radical (unpaired) electrons. The first-order chi connectivity index (χ1) is 17.1. The van der Waals surface area contributed by atoms with Crippen LogP contribution in [0, 0.1) is 17.3 Å². The molecule has 4 N–H and O–H groups in total. The molecule has 3 unspecified atom stereocenters. The summed E-state index contributed by atoms with van der Waals surface area (Å²) in [6, 6.07) is 0.261. The van der Waals surface area contributed by atoms with Crippen LogP contribution in [-0.2, 0) is 9.59 Å². The number of allylic oxidation sites excluding steroid dienone is 4. The van der Waals surface area contributed by atoms with Gasteiger partial charge in [0.2, 0.25) is 0 Å². The van der Waals surface area contributed by atoms with Crippen LogP contribution in [0.2, 0.25) is 0 Å². The fourth-order valence-electron chi connectivity index (χ4n) is 3.33. The zero-order valence-electron chi connectivity index (χ0n) is 25.0. The predicted octanol–water partition coefficient (Wildman–Crippen LogP) is 7.48. The summed E-state index contributed by atoms with van der Waals surface area (Å²) in [6.07, 6.45) is 9.70. The van der Waals surface area contributed by atoms with Crippen molar-refractivity contribution in [2.45, 2.75) is 114 Å². The standard InChI is InChI=1S/C17H32N4O.C7H11FO.C3H5F.C2H6/c1-12(18)11-19-21-13(2)16(22)20-15-8-6-7-14(9-10-15)17(3,4)5;1-3-7(8)4-6(2)5-9;1-3(2)4;1-2/h11,14-15,19H,6-10,18H2,1-5H3,(H,20,22);4-6H,3H2,1-2H3;1H2,2H3;1-2H3/b12-11+,21-13+;7-4+;;. The van der Waals surface area contributed by atoms with Crippen LogP contribution < -0.4 is 16.5 Å². The van der Waals surface area contributed by atoms with Crippen molar-refractivity contribution in [3.63, 3.8) is 0 Å². The third kappa shape index (κ3) is 24.9. The number of carbonyl (C=O) groups is 2. The summed E-state index contributed by atoms with van der Waals surface area (Å²) in [4.78, 5) is 22.1. The van der Waals surface area contributed by atoms with Crippen LogP contribution in [0.5, 0.6) is 0 Å². The van der Waals surface area contributed by atoms with Crippen molar-refractivity contribution in [1.29, 1.82) is 0 Å². The van der Waals surface area contributed by atoms with Gasteiger partial charge in [-0.1, -0.05) is 61.5 Å². The van der Waals surface area contributed by atoms with Gasteiger partial charge in [-0.25, -0.2) is 8.78 Å². The predicted molar refractivity (Wildman–Crippen MR) is 154 cm³/mol. The van der Waals surface area contributed by atoms with Crippen molar-refractivity contribution in [3.05, 3.63) is 36.2 Å². The first kappa shape index (κ1) is 39.0. The second-order valence-corrected chi connectivity index (χ2v) is 10.1. The van der Waals surface area contributed by atoms with Crippen LogP contribution in [-0.4, -0.2) is 23.9 Å². The van der Waals surface area contributed by atoms with E-state index in [1.54, 1.807) is 33.9 Å².